The first kappa shape index (κ1) is 28.6. The number of pyridine rings is 1. The van der Waals surface area contributed by atoms with Gasteiger partial charge in [0.2, 0.25) is 0 Å². The van der Waals surface area contributed by atoms with Gasteiger partial charge in [-0.3, -0.25) is 28.5 Å². The van der Waals surface area contributed by atoms with Crippen LogP contribution >= 0.6 is 24.0 Å². The van der Waals surface area contributed by atoms with E-state index in [4.69, 9.17) is 12.2 Å². The largest absolute Gasteiger partial charge is 0.357 e. The van der Waals surface area contributed by atoms with E-state index in [1.54, 1.807) is 36.2 Å². The lowest BCUT2D eigenvalue weighted by molar-refractivity contribution is -0.113. The number of hydrogen-bond acceptors (Lipinski definition) is 7. The van der Waals surface area contributed by atoms with Gasteiger partial charge >= 0.3 is 0 Å². The van der Waals surface area contributed by atoms with E-state index in [1.807, 2.05) is 37.3 Å². The number of thiocarbonyl (C=S) groups is 1. The van der Waals surface area contributed by atoms with E-state index < -0.39 is 5.91 Å². The summed E-state index contributed by atoms with van der Waals surface area (Å²) in [4.78, 5) is 44.8. The summed E-state index contributed by atoms with van der Waals surface area (Å²) in [5.41, 5.74) is 2.06. The van der Waals surface area contributed by atoms with Gasteiger partial charge in [0.05, 0.1) is 16.3 Å². The van der Waals surface area contributed by atoms with Crippen LogP contribution in [0.15, 0.2) is 44.8 Å². The number of anilines is 2. The fourth-order valence-corrected chi connectivity index (χ4v) is 7.02. The third-order valence-corrected chi connectivity index (χ3v) is 9.24. The van der Waals surface area contributed by atoms with Crippen molar-refractivity contribution in [3.05, 3.63) is 78.3 Å². The molecule has 2 aliphatic heterocycles. The molecule has 212 valence electrons. The standard InChI is InChI=1S/C30H32N6O3S2/c1-6-34-26(33-14-10-11-18(2)17-33)22(19(3)23(16-31)27(34)37)15-24-28(38)35(30(40)41-24)25-20(4)32(5)36(29(25)39)21-12-8-7-9-13-21/h7-9,12-13,15,18H,6,10-11,14,17H2,1-5H3/b24-15+. The Morgan fingerprint density at radius 3 is 2.49 bits per heavy atom. The van der Waals surface area contributed by atoms with E-state index in [0.717, 1.165) is 37.7 Å². The van der Waals surface area contributed by atoms with Gasteiger partial charge in [0.25, 0.3) is 17.0 Å². The van der Waals surface area contributed by atoms with E-state index >= 15 is 0 Å². The predicted octanol–water partition coefficient (Wildman–Crippen LogP) is 4.49. The lowest BCUT2D eigenvalue weighted by atomic mass is 9.98. The molecule has 2 aliphatic rings. The number of nitriles is 1. The first-order valence-corrected chi connectivity index (χ1v) is 14.9. The fourth-order valence-electron chi connectivity index (χ4n) is 5.76. The molecule has 4 heterocycles. The minimum Gasteiger partial charge on any atom is -0.357 e. The molecule has 1 atom stereocenters. The molecule has 2 aromatic heterocycles. The number of rotatable bonds is 5. The summed E-state index contributed by atoms with van der Waals surface area (Å²) in [7, 11) is 1.77. The van der Waals surface area contributed by atoms with E-state index in [9.17, 15) is 19.6 Å². The number of carbonyl (C=O) groups is 1. The van der Waals surface area contributed by atoms with Crippen LogP contribution in [0.1, 0.15) is 49.1 Å². The third-order valence-electron chi connectivity index (χ3n) is 7.94. The number of hydrogen-bond donors (Lipinski definition) is 0. The van der Waals surface area contributed by atoms with Crippen molar-refractivity contribution in [1.82, 2.24) is 13.9 Å². The van der Waals surface area contributed by atoms with Gasteiger partial charge in [0.15, 0.2) is 4.32 Å². The van der Waals surface area contributed by atoms with Crippen molar-refractivity contribution in [2.24, 2.45) is 13.0 Å². The Morgan fingerprint density at radius 1 is 1.15 bits per heavy atom. The van der Waals surface area contributed by atoms with E-state index in [2.05, 4.69) is 17.9 Å². The average Bonchev–Trinajstić information content (AvgIpc) is 3.34. The monoisotopic (exact) mass is 588 g/mol. The van der Waals surface area contributed by atoms with Gasteiger partial charge in [-0.15, -0.1) is 0 Å². The maximum Gasteiger partial charge on any atom is 0.296 e. The van der Waals surface area contributed by atoms with Gasteiger partial charge in [-0.05, 0) is 63.3 Å². The number of aromatic nitrogens is 3. The number of piperidine rings is 1. The quantitative estimate of drug-likeness (QED) is 0.320. The highest BCUT2D eigenvalue weighted by atomic mass is 32.2. The Labute approximate surface area is 248 Å². The minimum absolute atomic E-state index is 0.0621. The van der Waals surface area contributed by atoms with Crippen molar-refractivity contribution < 1.29 is 4.79 Å². The van der Waals surface area contributed by atoms with Gasteiger partial charge in [0.1, 0.15) is 23.1 Å². The van der Waals surface area contributed by atoms with Crippen LogP contribution in [0.3, 0.4) is 0 Å². The summed E-state index contributed by atoms with van der Waals surface area (Å²) in [6, 6.07) is 11.3. The molecule has 0 aliphatic carbocycles. The fraction of sp³-hybridized carbons (Fsp3) is 0.367. The van der Waals surface area contributed by atoms with Crippen LogP contribution < -0.4 is 20.9 Å². The highest BCUT2D eigenvalue weighted by Gasteiger charge is 2.38. The van der Waals surface area contributed by atoms with Gasteiger partial charge in [-0.2, -0.15) is 5.26 Å². The lowest BCUT2D eigenvalue weighted by Crippen LogP contribution is -2.40. The zero-order valence-corrected chi connectivity index (χ0v) is 25.4. The van der Waals surface area contributed by atoms with Crippen molar-refractivity contribution in [3.8, 4) is 11.8 Å². The summed E-state index contributed by atoms with van der Waals surface area (Å²) in [5.74, 6) is 0.753. The maximum absolute atomic E-state index is 14.0. The molecule has 1 unspecified atom stereocenters. The molecular weight excluding hydrogens is 557 g/mol. The average molecular weight is 589 g/mol. The Balaban J connectivity index is 1.66. The summed E-state index contributed by atoms with van der Waals surface area (Å²) >= 11 is 6.78. The molecule has 1 aromatic carbocycles. The van der Waals surface area contributed by atoms with E-state index in [-0.39, 0.29) is 26.7 Å². The Hall–Kier alpha value is -3.88. The topological polar surface area (TPSA) is 96.3 Å². The maximum atomic E-state index is 14.0. The SMILES string of the molecule is CCn1c(N2CCCC(C)C2)c(/C=C2/SC(=S)N(c3c(C)n(C)n(-c4ccccc4)c3=O)C2=O)c(C)c(C#N)c1=O. The number of nitrogens with zero attached hydrogens (tertiary/aromatic N) is 6. The molecule has 0 N–H and O–H groups in total. The molecule has 41 heavy (non-hydrogen) atoms. The van der Waals surface area contributed by atoms with Crippen LogP contribution in [0, 0.1) is 31.1 Å². The second kappa shape index (κ2) is 11.2. The summed E-state index contributed by atoms with van der Waals surface area (Å²) in [6.07, 6.45) is 3.83. The normalized spacial score (nSPS) is 18.4. The molecule has 9 nitrogen and oxygen atoms in total. The molecule has 0 radical (unpaired) electrons. The minimum atomic E-state index is -0.406. The summed E-state index contributed by atoms with van der Waals surface area (Å²) in [6.45, 7) is 9.55. The van der Waals surface area contributed by atoms with Crippen LogP contribution in [0.5, 0.6) is 0 Å². The molecule has 2 fully saturated rings. The smallest absolute Gasteiger partial charge is 0.296 e. The van der Waals surface area contributed by atoms with Gasteiger partial charge < -0.3 is 4.90 Å². The van der Waals surface area contributed by atoms with Crippen LogP contribution in [0.25, 0.3) is 11.8 Å². The van der Waals surface area contributed by atoms with Crippen molar-refractivity contribution in [2.45, 2.75) is 47.1 Å². The first-order valence-electron chi connectivity index (χ1n) is 13.6. The number of thioether (sulfide) groups is 1. The van der Waals surface area contributed by atoms with Gasteiger partial charge in [0, 0.05) is 32.2 Å². The van der Waals surface area contributed by atoms with Crippen molar-refractivity contribution in [1.29, 1.82) is 5.26 Å². The van der Waals surface area contributed by atoms with E-state index in [1.165, 1.54) is 9.58 Å². The Bertz CT molecular complexity index is 1760. The number of amides is 1. The summed E-state index contributed by atoms with van der Waals surface area (Å²) < 4.78 is 5.12. The van der Waals surface area contributed by atoms with Gasteiger partial charge in [-0.1, -0.05) is 49.1 Å². The second-order valence-corrected chi connectivity index (χ2v) is 12.2. The number of para-hydroxylation sites is 1. The van der Waals surface area contributed by atoms with Crippen LogP contribution in [0.2, 0.25) is 0 Å². The first-order chi connectivity index (χ1) is 19.6. The molecule has 1 amide bonds. The van der Waals surface area contributed by atoms with E-state index in [0.29, 0.717) is 45.7 Å². The highest BCUT2D eigenvalue weighted by Crippen LogP contribution is 2.39. The number of benzene rings is 1. The third kappa shape index (κ3) is 4.75. The highest BCUT2D eigenvalue weighted by molar-refractivity contribution is 8.27. The molecule has 0 bridgehead atoms. The van der Waals surface area contributed by atoms with Crippen molar-refractivity contribution in [3.63, 3.8) is 0 Å². The molecule has 11 heteroatoms. The van der Waals surface area contributed by atoms with Crippen LogP contribution in [-0.2, 0) is 18.4 Å². The molecule has 0 saturated carbocycles. The predicted molar refractivity (Wildman–Crippen MR) is 168 cm³/mol. The lowest BCUT2D eigenvalue weighted by Gasteiger charge is -2.35. The molecule has 5 rings (SSSR count). The van der Waals surface area contributed by atoms with Crippen molar-refractivity contribution in [2.75, 3.05) is 22.9 Å². The Morgan fingerprint density at radius 2 is 1.85 bits per heavy atom. The Kier molecular flexibility index (Phi) is 7.81. The molecule has 3 aromatic rings. The van der Waals surface area contributed by atoms with Crippen molar-refractivity contribution >= 4 is 51.8 Å². The zero-order valence-electron chi connectivity index (χ0n) is 23.8. The molecule has 0 spiro atoms. The number of carbonyl (C=O) groups excluding carboxylic acids is 1. The molecule has 2 saturated heterocycles. The second-order valence-electron chi connectivity index (χ2n) is 10.5. The molecular formula is C30H32N6O3S2. The summed E-state index contributed by atoms with van der Waals surface area (Å²) in [5, 5.41) is 9.88. The zero-order chi connectivity index (χ0) is 29.6. The van der Waals surface area contributed by atoms with Crippen LogP contribution in [-0.4, -0.2) is 37.2 Å². The van der Waals surface area contributed by atoms with Crippen LogP contribution in [0.4, 0.5) is 11.5 Å². The van der Waals surface area contributed by atoms with Gasteiger partial charge in [-0.25, -0.2) is 4.68 Å².